The van der Waals surface area contributed by atoms with Crippen molar-refractivity contribution >= 4 is 43.7 Å². The first-order valence-electron chi connectivity index (χ1n) is 23.4. The summed E-state index contributed by atoms with van der Waals surface area (Å²) in [6.45, 7) is 2.18. The van der Waals surface area contributed by atoms with Gasteiger partial charge in [-0.3, -0.25) is 9.97 Å². The van der Waals surface area contributed by atoms with E-state index in [9.17, 15) is 0 Å². The van der Waals surface area contributed by atoms with Crippen LogP contribution in [0.15, 0.2) is 217 Å². The second kappa shape index (κ2) is 16.0. The fourth-order valence-corrected chi connectivity index (χ4v) is 10.5. The van der Waals surface area contributed by atoms with E-state index in [1.807, 2.05) is 24.7 Å². The van der Waals surface area contributed by atoms with Crippen LogP contribution in [0.1, 0.15) is 36.3 Å². The van der Waals surface area contributed by atoms with Gasteiger partial charge in [-0.1, -0.05) is 110 Å². The summed E-state index contributed by atoms with van der Waals surface area (Å²) in [5.41, 5.74) is 22.4. The standard InChI is InChI=1S/C63H45N3O/c1-40-38-64-29-27-53(40)56-34-48(19-23-54(56)41-9-5-10-41)44-13-8-15-46(33-44)50-21-25-61-58(36-50)57-35-49(20-24-60(57)66(61)52-17-3-2-4-18-52)45-14-6-11-42(31-45)43-12-7-16-47(32-43)51-22-26-62-59(37-51)55-28-30-65-39-63(55)67-62/h2-4,6-8,11-39,41H,5,9-10H2,1H3. The van der Waals surface area contributed by atoms with Gasteiger partial charge in [-0.15, -0.1) is 0 Å². The molecule has 0 atom stereocenters. The Morgan fingerprint density at radius 3 is 1.52 bits per heavy atom. The zero-order valence-corrected chi connectivity index (χ0v) is 37.2. The average molecular weight is 860 g/mol. The van der Waals surface area contributed by atoms with E-state index in [2.05, 4.69) is 203 Å². The Balaban J connectivity index is 0.885. The highest BCUT2D eigenvalue weighted by atomic mass is 16.3. The Hall–Kier alpha value is -8.34. The monoisotopic (exact) mass is 859 g/mol. The van der Waals surface area contributed by atoms with Gasteiger partial charge in [0.05, 0.1) is 17.2 Å². The SMILES string of the molecule is Cc1cnccc1-c1cc(-c2cccc(-c3ccc4c(c3)c3cc(-c5cccc(-c6cccc(-c7ccc8oc9cnccc9c8c7)c6)c5)ccc3n4-c3ccccc3)c2)ccc1C1CCC1. The molecule has 1 saturated carbocycles. The maximum absolute atomic E-state index is 6.08. The van der Waals surface area contributed by atoms with Gasteiger partial charge in [0, 0.05) is 45.8 Å². The van der Waals surface area contributed by atoms with E-state index < -0.39 is 0 Å². The molecule has 318 valence electrons. The van der Waals surface area contributed by atoms with Gasteiger partial charge < -0.3 is 8.98 Å². The molecule has 4 heteroatoms. The van der Waals surface area contributed by atoms with Crippen LogP contribution in [0.4, 0.5) is 0 Å². The number of pyridine rings is 2. The Labute approximate surface area is 389 Å². The molecule has 0 unspecified atom stereocenters. The van der Waals surface area contributed by atoms with E-state index in [1.165, 1.54) is 108 Å². The van der Waals surface area contributed by atoms with Gasteiger partial charge in [0.15, 0.2) is 5.58 Å². The first-order valence-corrected chi connectivity index (χ1v) is 23.4. The van der Waals surface area contributed by atoms with Crippen molar-refractivity contribution < 1.29 is 4.42 Å². The number of aryl methyl sites for hydroxylation is 1. The van der Waals surface area contributed by atoms with E-state index in [-0.39, 0.29) is 0 Å². The molecule has 4 nitrogen and oxygen atoms in total. The average Bonchev–Trinajstić information content (AvgIpc) is 3.91. The number of rotatable bonds is 8. The minimum Gasteiger partial charge on any atom is -0.454 e. The Morgan fingerprint density at radius 2 is 0.940 bits per heavy atom. The quantitative estimate of drug-likeness (QED) is 0.153. The lowest BCUT2D eigenvalue weighted by atomic mass is 9.76. The minimum atomic E-state index is 0.629. The van der Waals surface area contributed by atoms with Crippen molar-refractivity contribution in [2.45, 2.75) is 32.1 Å². The van der Waals surface area contributed by atoms with Gasteiger partial charge in [-0.25, -0.2) is 0 Å². The smallest absolute Gasteiger partial charge is 0.153 e. The number of nitrogens with zero attached hydrogens (tertiary/aromatic N) is 3. The first kappa shape index (κ1) is 39.1. The van der Waals surface area contributed by atoms with Crippen LogP contribution in [0.2, 0.25) is 0 Å². The van der Waals surface area contributed by atoms with Crippen molar-refractivity contribution in [3.05, 3.63) is 224 Å². The Kier molecular flexibility index (Phi) is 9.31. The van der Waals surface area contributed by atoms with Crippen molar-refractivity contribution in [2.75, 3.05) is 0 Å². The molecule has 0 saturated heterocycles. The normalized spacial score (nSPS) is 12.9. The third-order valence-corrected chi connectivity index (χ3v) is 14.2. The summed E-state index contributed by atoms with van der Waals surface area (Å²) in [5, 5.41) is 4.63. The van der Waals surface area contributed by atoms with Crippen LogP contribution in [0.5, 0.6) is 0 Å². The van der Waals surface area contributed by atoms with E-state index in [0.29, 0.717) is 5.92 Å². The molecular formula is C63H45N3O. The highest BCUT2D eigenvalue weighted by Crippen LogP contribution is 2.44. The number of para-hydroxylation sites is 1. The summed E-state index contributed by atoms with van der Waals surface area (Å²) in [6.07, 6.45) is 11.4. The van der Waals surface area contributed by atoms with Crippen LogP contribution in [-0.4, -0.2) is 14.5 Å². The number of furan rings is 1. The molecule has 0 bridgehead atoms. The molecule has 4 aromatic heterocycles. The van der Waals surface area contributed by atoms with E-state index in [0.717, 1.165) is 38.8 Å². The van der Waals surface area contributed by atoms with Crippen LogP contribution in [-0.2, 0) is 0 Å². The molecule has 4 heterocycles. The molecular weight excluding hydrogens is 815 g/mol. The topological polar surface area (TPSA) is 43.9 Å². The summed E-state index contributed by atoms with van der Waals surface area (Å²) in [6, 6.07) is 69.3. The van der Waals surface area contributed by atoms with Crippen LogP contribution in [0.25, 0.3) is 116 Å². The summed E-state index contributed by atoms with van der Waals surface area (Å²) in [7, 11) is 0. The molecule has 0 radical (unpaired) electrons. The van der Waals surface area contributed by atoms with Gasteiger partial charge in [0.2, 0.25) is 0 Å². The lowest BCUT2D eigenvalue weighted by molar-refractivity contribution is 0.420. The van der Waals surface area contributed by atoms with Gasteiger partial charge in [0.25, 0.3) is 0 Å². The van der Waals surface area contributed by atoms with Crippen LogP contribution >= 0.6 is 0 Å². The summed E-state index contributed by atoms with van der Waals surface area (Å²) in [5.74, 6) is 0.629. The van der Waals surface area contributed by atoms with E-state index in [1.54, 1.807) is 6.20 Å². The van der Waals surface area contributed by atoms with Crippen LogP contribution in [0.3, 0.4) is 0 Å². The zero-order chi connectivity index (χ0) is 44.4. The van der Waals surface area contributed by atoms with Gasteiger partial charge in [0.1, 0.15) is 5.58 Å². The van der Waals surface area contributed by atoms with Gasteiger partial charge in [-0.05, 0) is 189 Å². The lowest BCUT2D eigenvalue weighted by Crippen LogP contribution is -2.10. The van der Waals surface area contributed by atoms with E-state index >= 15 is 0 Å². The molecule has 0 spiro atoms. The molecule has 0 amide bonds. The summed E-state index contributed by atoms with van der Waals surface area (Å²) in [4.78, 5) is 8.67. The maximum atomic E-state index is 6.08. The highest BCUT2D eigenvalue weighted by molar-refractivity contribution is 6.12. The number of hydrogen-bond acceptors (Lipinski definition) is 3. The molecule has 8 aromatic carbocycles. The first-order chi connectivity index (χ1) is 33.1. The maximum Gasteiger partial charge on any atom is 0.153 e. The number of benzene rings is 8. The molecule has 1 aliphatic rings. The fourth-order valence-electron chi connectivity index (χ4n) is 10.5. The zero-order valence-electron chi connectivity index (χ0n) is 37.2. The summed E-state index contributed by atoms with van der Waals surface area (Å²) >= 11 is 0. The van der Waals surface area contributed by atoms with Crippen molar-refractivity contribution in [1.82, 2.24) is 14.5 Å². The fraction of sp³-hybridized carbons (Fsp3) is 0.0794. The van der Waals surface area contributed by atoms with Gasteiger partial charge >= 0.3 is 0 Å². The molecule has 12 aromatic rings. The number of hydrogen-bond donors (Lipinski definition) is 0. The predicted octanol–water partition coefficient (Wildman–Crippen LogP) is 17.1. The van der Waals surface area contributed by atoms with Crippen LogP contribution in [0, 0.1) is 6.92 Å². The van der Waals surface area contributed by atoms with Gasteiger partial charge in [-0.2, -0.15) is 0 Å². The molecule has 1 aliphatic carbocycles. The number of aromatic nitrogens is 3. The van der Waals surface area contributed by atoms with Crippen molar-refractivity contribution in [2.24, 2.45) is 0 Å². The molecule has 0 aliphatic heterocycles. The third-order valence-electron chi connectivity index (χ3n) is 14.2. The number of fused-ring (bicyclic) bond motifs is 6. The second-order valence-electron chi connectivity index (χ2n) is 18.2. The van der Waals surface area contributed by atoms with Crippen molar-refractivity contribution in [3.8, 4) is 72.4 Å². The minimum absolute atomic E-state index is 0.629. The lowest BCUT2D eigenvalue weighted by Gasteiger charge is -2.29. The van der Waals surface area contributed by atoms with E-state index in [4.69, 9.17) is 4.42 Å². The van der Waals surface area contributed by atoms with Crippen molar-refractivity contribution in [1.29, 1.82) is 0 Å². The molecule has 0 N–H and O–H groups in total. The van der Waals surface area contributed by atoms with Crippen LogP contribution < -0.4 is 0 Å². The second-order valence-corrected chi connectivity index (χ2v) is 18.2. The molecule has 67 heavy (non-hydrogen) atoms. The third kappa shape index (κ3) is 6.84. The van der Waals surface area contributed by atoms with Crippen molar-refractivity contribution in [3.63, 3.8) is 0 Å². The molecule has 13 rings (SSSR count). The molecule has 1 fully saturated rings. The Bertz CT molecular complexity index is 3870. The predicted molar refractivity (Wildman–Crippen MR) is 278 cm³/mol. The largest absolute Gasteiger partial charge is 0.454 e. The highest BCUT2D eigenvalue weighted by Gasteiger charge is 2.24. The Morgan fingerprint density at radius 1 is 0.418 bits per heavy atom. The summed E-state index contributed by atoms with van der Waals surface area (Å²) < 4.78 is 8.48.